The van der Waals surface area contributed by atoms with E-state index in [4.69, 9.17) is 0 Å². The minimum Gasteiger partial charge on any atom is -0.346 e. The molecule has 2 heterocycles. The second-order valence-corrected chi connectivity index (χ2v) is 6.42. The average molecular weight is 350 g/mol. The number of carbonyl (C=O) groups excluding carboxylic acids is 2. The number of nitrogens with zero attached hydrogens (tertiary/aromatic N) is 3. The molecule has 0 atom stereocenters. The van der Waals surface area contributed by atoms with Gasteiger partial charge in [0.25, 0.3) is 0 Å². The first-order chi connectivity index (χ1) is 10.7. The average Bonchev–Trinajstić information content (AvgIpc) is 2.96. The molecule has 1 aromatic rings. The van der Waals surface area contributed by atoms with E-state index in [1.807, 2.05) is 0 Å². The van der Waals surface area contributed by atoms with E-state index in [1.54, 1.807) is 18.7 Å². The van der Waals surface area contributed by atoms with Crippen molar-refractivity contribution < 1.29 is 22.8 Å². The number of carbonyl (C=O) groups is 2. The predicted octanol–water partition coefficient (Wildman–Crippen LogP) is 1.34. The van der Waals surface area contributed by atoms with E-state index in [9.17, 15) is 22.8 Å². The van der Waals surface area contributed by atoms with Crippen molar-refractivity contribution in [3.05, 3.63) is 11.1 Å². The van der Waals surface area contributed by atoms with E-state index < -0.39 is 22.9 Å². The number of halogens is 3. The Bertz CT molecular complexity index is 580. The van der Waals surface area contributed by atoms with Crippen molar-refractivity contribution in [2.75, 3.05) is 31.1 Å². The Morgan fingerprint density at radius 1 is 1.26 bits per heavy atom. The minimum atomic E-state index is -4.40. The van der Waals surface area contributed by atoms with Gasteiger partial charge in [0.2, 0.25) is 0 Å². The molecule has 6 nitrogen and oxygen atoms in total. The van der Waals surface area contributed by atoms with Crippen molar-refractivity contribution in [1.29, 1.82) is 0 Å². The largest absolute Gasteiger partial charge is 0.427 e. The van der Waals surface area contributed by atoms with Crippen molar-refractivity contribution in [2.45, 2.75) is 26.1 Å². The number of anilines is 1. The van der Waals surface area contributed by atoms with Crippen LogP contribution in [-0.4, -0.2) is 53.9 Å². The van der Waals surface area contributed by atoms with Crippen LogP contribution in [0.3, 0.4) is 0 Å². The Morgan fingerprint density at radius 3 is 2.35 bits per heavy atom. The summed E-state index contributed by atoms with van der Waals surface area (Å²) in [6, 6.07) is -0.135. The number of alkyl halides is 3. The number of thiazole rings is 1. The summed E-state index contributed by atoms with van der Waals surface area (Å²) in [7, 11) is 0. The van der Waals surface area contributed by atoms with Gasteiger partial charge >= 0.3 is 18.0 Å². The summed E-state index contributed by atoms with van der Waals surface area (Å²) in [5.74, 6) is -1.28. The Labute approximate surface area is 135 Å². The predicted molar refractivity (Wildman–Crippen MR) is 79.2 cm³/mol. The monoisotopic (exact) mass is 350 g/mol. The first-order valence-electron chi connectivity index (χ1n) is 7.06. The van der Waals surface area contributed by atoms with Gasteiger partial charge in [-0.05, 0) is 13.8 Å². The summed E-state index contributed by atoms with van der Waals surface area (Å²) < 4.78 is 37.8. The van der Waals surface area contributed by atoms with E-state index in [0.29, 0.717) is 24.4 Å². The lowest BCUT2D eigenvalue weighted by atomic mass is 10.3. The molecule has 1 aliphatic heterocycles. The molecule has 2 rings (SSSR count). The molecule has 0 bridgehead atoms. The number of amides is 2. The zero-order chi connectivity index (χ0) is 17.2. The van der Waals surface area contributed by atoms with Gasteiger partial charge in [-0.15, -0.1) is 0 Å². The molecule has 0 aromatic carbocycles. The molecule has 10 heteroatoms. The van der Waals surface area contributed by atoms with Crippen molar-refractivity contribution in [3.8, 4) is 0 Å². The highest BCUT2D eigenvalue weighted by Gasteiger charge is 2.34. The van der Waals surface area contributed by atoms with Crippen molar-refractivity contribution in [1.82, 2.24) is 15.2 Å². The second-order valence-electron chi connectivity index (χ2n) is 5.41. The van der Waals surface area contributed by atoms with Crippen LogP contribution in [0.1, 0.15) is 18.7 Å². The SMILES string of the molecule is CC(C)NC(=O)C(=O)N1CCN(c2ncc(C(F)(F)F)s2)CC1. The van der Waals surface area contributed by atoms with Crippen LogP contribution in [0.15, 0.2) is 6.20 Å². The maximum atomic E-state index is 12.6. The van der Waals surface area contributed by atoms with E-state index in [-0.39, 0.29) is 24.3 Å². The van der Waals surface area contributed by atoms with Crippen molar-refractivity contribution >= 4 is 28.3 Å². The fourth-order valence-corrected chi connectivity index (χ4v) is 2.95. The Kier molecular flexibility index (Phi) is 5.12. The molecule has 1 saturated heterocycles. The molecule has 1 fully saturated rings. The second kappa shape index (κ2) is 6.73. The van der Waals surface area contributed by atoms with Gasteiger partial charge in [-0.25, -0.2) is 4.98 Å². The molecule has 0 aliphatic carbocycles. The molecule has 0 radical (unpaired) electrons. The summed E-state index contributed by atoms with van der Waals surface area (Å²) in [5.41, 5.74) is 0. The molecular formula is C13H17F3N4O2S. The van der Waals surface area contributed by atoms with E-state index in [0.717, 1.165) is 6.20 Å². The molecule has 1 aromatic heterocycles. The van der Waals surface area contributed by atoms with Crippen LogP contribution in [0, 0.1) is 0 Å². The number of nitrogens with one attached hydrogen (secondary N) is 1. The van der Waals surface area contributed by atoms with Crippen molar-refractivity contribution in [3.63, 3.8) is 0 Å². The van der Waals surface area contributed by atoms with Gasteiger partial charge in [0.15, 0.2) is 5.13 Å². The number of hydrogen-bond donors (Lipinski definition) is 1. The van der Waals surface area contributed by atoms with Gasteiger partial charge in [0.05, 0.1) is 6.20 Å². The lowest BCUT2D eigenvalue weighted by Gasteiger charge is -2.34. The smallest absolute Gasteiger partial charge is 0.346 e. The van der Waals surface area contributed by atoms with Crippen LogP contribution in [0.25, 0.3) is 0 Å². The molecule has 0 saturated carbocycles. The number of rotatable bonds is 2. The molecule has 0 unspecified atom stereocenters. The highest BCUT2D eigenvalue weighted by atomic mass is 32.1. The molecule has 1 aliphatic rings. The third kappa shape index (κ3) is 4.34. The van der Waals surface area contributed by atoms with Gasteiger partial charge in [0, 0.05) is 32.2 Å². The molecule has 128 valence electrons. The van der Waals surface area contributed by atoms with E-state index in [2.05, 4.69) is 10.3 Å². The number of aromatic nitrogens is 1. The molecule has 1 N–H and O–H groups in total. The molecule has 2 amide bonds. The third-order valence-corrected chi connectivity index (χ3v) is 4.33. The zero-order valence-corrected chi connectivity index (χ0v) is 13.5. The summed E-state index contributed by atoms with van der Waals surface area (Å²) in [6.07, 6.45) is -3.59. The van der Waals surface area contributed by atoms with Crippen LogP contribution in [0.4, 0.5) is 18.3 Å². The highest BCUT2D eigenvalue weighted by Crippen LogP contribution is 2.36. The fourth-order valence-electron chi connectivity index (χ4n) is 2.11. The standard InChI is InChI=1S/C13H17F3N4O2S/c1-8(2)18-10(21)11(22)19-3-5-20(6-4-19)12-17-7-9(23-12)13(14,15)16/h7-8H,3-6H2,1-2H3,(H,18,21). The summed E-state index contributed by atoms with van der Waals surface area (Å²) in [6.45, 7) is 4.72. The lowest BCUT2D eigenvalue weighted by Crippen LogP contribution is -2.53. The number of hydrogen-bond acceptors (Lipinski definition) is 5. The zero-order valence-electron chi connectivity index (χ0n) is 12.7. The summed E-state index contributed by atoms with van der Waals surface area (Å²) in [5, 5.41) is 2.80. The van der Waals surface area contributed by atoms with Crippen LogP contribution in [0.2, 0.25) is 0 Å². The van der Waals surface area contributed by atoms with Crippen LogP contribution < -0.4 is 10.2 Å². The number of piperazine rings is 1. The van der Waals surface area contributed by atoms with Crippen LogP contribution >= 0.6 is 11.3 Å². The third-order valence-electron chi connectivity index (χ3n) is 3.22. The van der Waals surface area contributed by atoms with Gasteiger partial charge in [-0.1, -0.05) is 11.3 Å². The van der Waals surface area contributed by atoms with Crippen LogP contribution in [0.5, 0.6) is 0 Å². The Balaban J connectivity index is 1.92. The normalized spacial score (nSPS) is 15.9. The lowest BCUT2D eigenvalue weighted by molar-refractivity contribution is -0.146. The quantitative estimate of drug-likeness (QED) is 0.818. The van der Waals surface area contributed by atoms with Gasteiger partial charge in [0.1, 0.15) is 4.88 Å². The first-order valence-corrected chi connectivity index (χ1v) is 7.88. The molecule has 23 heavy (non-hydrogen) atoms. The highest BCUT2D eigenvalue weighted by molar-refractivity contribution is 7.15. The van der Waals surface area contributed by atoms with Gasteiger partial charge in [-0.3, -0.25) is 9.59 Å². The van der Waals surface area contributed by atoms with Crippen molar-refractivity contribution in [2.24, 2.45) is 0 Å². The first kappa shape index (κ1) is 17.5. The topological polar surface area (TPSA) is 65.5 Å². The molecular weight excluding hydrogens is 333 g/mol. The summed E-state index contributed by atoms with van der Waals surface area (Å²) >= 11 is 0.578. The maximum absolute atomic E-state index is 12.6. The molecule has 0 spiro atoms. The maximum Gasteiger partial charge on any atom is 0.427 e. The van der Waals surface area contributed by atoms with E-state index in [1.165, 1.54) is 4.90 Å². The Hall–Kier alpha value is -1.84. The van der Waals surface area contributed by atoms with Gasteiger partial charge in [-0.2, -0.15) is 13.2 Å². The minimum absolute atomic E-state index is 0.135. The fraction of sp³-hybridized carbons (Fsp3) is 0.615. The van der Waals surface area contributed by atoms with Crippen LogP contribution in [-0.2, 0) is 15.8 Å². The van der Waals surface area contributed by atoms with Gasteiger partial charge < -0.3 is 15.1 Å². The summed E-state index contributed by atoms with van der Waals surface area (Å²) in [4.78, 5) is 29.7. The van der Waals surface area contributed by atoms with E-state index >= 15 is 0 Å². The Morgan fingerprint density at radius 2 is 1.87 bits per heavy atom.